The molecule has 1 aliphatic rings. The standard InChI is InChI=1S/C20H19BrN4O/c1-14-23-19-9-6-16(21)12-18(19)20(26)25(14)22-13-15-4-7-17(8-5-15)24-10-2-3-11-24/h4-9,12-13H,2-3,10-11H2,1H3. The largest absolute Gasteiger partial charge is 0.372 e. The normalized spacial score (nSPS) is 14.6. The fraction of sp³-hybridized carbons (Fsp3) is 0.250. The van der Waals surface area contributed by atoms with E-state index in [1.807, 2.05) is 24.3 Å². The number of halogens is 1. The minimum absolute atomic E-state index is 0.168. The smallest absolute Gasteiger partial charge is 0.282 e. The highest BCUT2D eigenvalue weighted by atomic mass is 79.9. The second-order valence-corrected chi connectivity index (χ2v) is 7.38. The average molecular weight is 411 g/mol. The molecule has 132 valence electrons. The first-order valence-electron chi connectivity index (χ1n) is 8.70. The number of hydrogen-bond donors (Lipinski definition) is 0. The van der Waals surface area contributed by atoms with E-state index >= 15 is 0 Å². The predicted octanol–water partition coefficient (Wildman–Crippen LogP) is 3.95. The molecule has 0 N–H and O–H groups in total. The maximum atomic E-state index is 12.7. The van der Waals surface area contributed by atoms with Crippen LogP contribution in [-0.2, 0) is 0 Å². The number of benzene rings is 2. The molecule has 3 aromatic rings. The van der Waals surface area contributed by atoms with Crippen molar-refractivity contribution in [2.75, 3.05) is 18.0 Å². The zero-order valence-electron chi connectivity index (χ0n) is 14.5. The quantitative estimate of drug-likeness (QED) is 0.614. The van der Waals surface area contributed by atoms with E-state index in [9.17, 15) is 4.79 Å². The molecule has 0 atom stereocenters. The van der Waals surface area contributed by atoms with Gasteiger partial charge in [-0.05, 0) is 55.7 Å². The van der Waals surface area contributed by atoms with Crippen LogP contribution in [0.15, 0.2) is 56.8 Å². The molecule has 0 aliphatic carbocycles. The molecule has 0 bridgehead atoms. The van der Waals surface area contributed by atoms with Crippen molar-refractivity contribution >= 4 is 38.7 Å². The Labute approximate surface area is 160 Å². The number of fused-ring (bicyclic) bond motifs is 1. The Morgan fingerprint density at radius 2 is 1.85 bits per heavy atom. The third-order valence-corrected chi connectivity index (χ3v) is 5.15. The topological polar surface area (TPSA) is 50.5 Å². The summed E-state index contributed by atoms with van der Waals surface area (Å²) in [7, 11) is 0. The van der Waals surface area contributed by atoms with Crippen LogP contribution in [0.2, 0.25) is 0 Å². The van der Waals surface area contributed by atoms with Crippen LogP contribution in [0.25, 0.3) is 10.9 Å². The molecule has 1 aliphatic heterocycles. The summed E-state index contributed by atoms with van der Waals surface area (Å²) in [6, 6.07) is 13.8. The first-order valence-corrected chi connectivity index (χ1v) is 9.49. The van der Waals surface area contributed by atoms with Crippen molar-refractivity contribution in [1.82, 2.24) is 9.66 Å². The summed E-state index contributed by atoms with van der Waals surface area (Å²) in [5.74, 6) is 0.565. The Balaban J connectivity index is 1.65. The van der Waals surface area contributed by atoms with E-state index < -0.39 is 0 Å². The zero-order chi connectivity index (χ0) is 18.1. The third-order valence-electron chi connectivity index (χ3n) is 4.66. The number of aromatic nitrogens is 2. The van der Waals surface area contributed by atoms with Crippen molar-refractivity contribution in [2.24, 2.45) is 5.10 Å². The highest BCUT2D eigenvalue weighted by Gasteiger charge is 2.11. The van der Waals surface area contributed by atoms with Crippen LogP contribution in [0.1, 0.15) is 24.2 Å². The van der Waals surface area contributed by atoms with Crippen molar-refractivity contribution in [2.45, 2.75) is 19.8 Å². The third kappa shape index (κ3) is 3.29. The maximum Gasteiger partial charge on any atom is 0.282 e. The molecule has 26 heavy (non-hydrogen) atoms. The van der Waals surface area contributed by atoms with E-state index in [2.05, 4.69) is 43.0 Å². The summed E-state index contributed by atoms with van der Waals surface area (Å²) in [4.78, 5) is 19.6. The maximum absolute atomic E-state index is 12.7. The summed E-state index contributed by atoms with van der Waals surface area (Å²) < 4.78 is 2.20. The lowest BCUT2D eigenvalue weighted by Crippen LogP contribution is -2.20. The molecule has 2 heterocycles. The van der Waals surface area contributed by atoms with Gasteiger partial charge in [-0.1, -0.05) is 28.1 Å². The van der Waals surface area contributed by atoms with Gasteiger partial charge in [0.25, 0.3) is 5.56 Å². The number of rotatable bonds is 3. The van der Waals surface area contributed by atoms with Crippen molar-refractivity contribution in [1.29, 1.82) is 0 Å². The first-order chi connectivity index (χ1) is 12.6. The summed E-state index contributed by atoms with van der Waals surface area (Å²) in [5, 5.41) is 4.92. The SMILES string of the molecule is Cc1nc2ccc(Br)cc2c(=O)n1N=Cc1ccc(N2CCCC2)cc1. The molecule has 1 aromatic heterocycles. The number of anilines is 1. The van der Waals surface area contributed by atoms with Gasteiger partial charge in [-0.3, -0.25) is 4.79 Å². The van der Waals surface area contributed by atoms with Crippen molar-refractivity contribution in [3.63, 3.8) is 0 Å². The minimum atomic E-state index is -0.168. The van der Waals surface area contributed by atoms with Gasteiger partial charge in [0.1, 0.15) is 5.82 Å². The fourth-order valence-electron chi connectivity index (χ4n) is 3.27. The second kappa shape index (κ2) is 7.03. The van der Waals surface area contributed by atoms with Crippen LogP contribution in [-0.4, -0.2) is 29.0 Å². The molecular weight excluding hydrogens is 392 g/mol. The summed E-state index contributed by atoms with van der Waals surface area (Å²) in [5.41, 5.74) is 2.70. The number of aryl methyl sites for hydroxylation is 1. The molecule has 5 nitrogen and oxygen atoms in total. The van der Waals surface area contributed by atoms with Crippen molar-refractivity contribution in [3.8, 4) is 0 Å². The van der Waals surface area contributed by atoms with Gasteiger partial charge < -0.3 is 4.90 Å². The highest BCUT2D eigenvalue weighted by Crippen LogP contribution is 2.20. The molecule has 1 saturated heterocycles. The van der Waals surface area contributed by atoms with E-state index in [1.54, 1.807) is 19.2 Å². The molecule has 0 amide bonds. The molecule has 0 radical (unpaired) electrons. The second-order valence-electron chi connectivity index (χ2n) is 6.47. The van der Waals surface area contributed by atoms with E-state index in [4.69, 9.17) is 0 Å². The van der Waals surface area contributed by atoms with E-state index in [-0.39, 0.29) is 5.56 Å². The zero-order valence-corrected chi connectivity index (χ0v) is 16.1. The summed E-state index contributed by atoms with van der Waals surface area (Å²) in [6.45, 7) is 4.04. The molecule has 0 saturated carbocycles. The van der Waals surface area contributed by atoms with Crippen LogP contribution in [0.4, 0.5) is 5.69 Å². The lowest BCUT2D eigenvalue weighted by molar-refractivity contribution is 0.771. The van der Waals surface area contributed by atoms with Crippen LogP contribution in [0, 0.1) is 6.92 Å². The van der Waals surface area contributed by atoms with Gasteiger partial charge in [0.15, 0.2) is 0 Å². The Kier molecular flexibility index (Phi) is 4.59. The van der Waals surface area contributed by atoms with Crippen molar-refractivity contribution < 1.29 is 0 Å². The molecule has 4 rings (SSSR count). The lowest BCUT2D eigenvalue weighted by Gasteiger charge is -2.17. The van der Waals surface area contributed by atoms with Gasteiger partial charge in [-0.2, -0.15) is 9.78 Å². The van der Waals surface area contributed by atoms with Crippen LogP contribution >= 0.6 is 15.9 Å². The summed E-state index contributed by atoms with van der Waals surface area (Å²) >= 11 is 3.40. The van der Waals surface area contributed by atoms with Gasteiger partial charge >= 0.3 is 0 Å². The molecular formula is C20H19BrN4O. The van der Waals surface area contributed by atoms with Crippen LogP contribution in [0.5, 0.6) is 0 Å². The van der Waals surface area contributed by atoms with E-state index in [0.29, 0.717) is 16.7 Å². The van der Waals surface area contributed by atoms with Crippen LogP contribution < -0.4 is 10.5 Å². The van der Waals surface area contributed by atoms with Gasteiger partial charge in [0.05, 0.1) is 17.1 Å². The van der Waals surface area contributed by atoms with Gasteiger partial charge in [-0.15, -0.1) is 0 Å². The van der Waals surface area contributed by atoms with Crippen molar-refractivity contribution in [3.05, 3.63) is 68.7 Å². The molecule has 0 spiro atoms. The molecule has 0 unspecified atom stereocenters. The number of hydrogen-bond acceptors (Lipinski definition) is 4. The Bertz CT molecular complexity index is 1030. The van der Waals surface area contributed by atoms with Gasteiger partial charge in [0.2, 0.25) is 0 Å². The molecule has 1 fully saturated rings. The Hall–Kier alpha value is -2.47. The average Bonchev–Trinajstić information content (AvgIpc) is 3.17. The fourth-order valence-corrected chi connectivity index (χ4v) is 3.63. The number of nitrogens with zero attached hydrogens (tertiary/aromatic N) is 4. The summed E-state index contributed by atoms with van der Waals surface area (Å²) in [6.07, 6.45) is 4.22. The lowest BCUT2D eigenvalue weighted by atomic mass is 10.2. The molecule has 2 aromatic carbocycles. The van der Waals surface area contributed by atoms with Crippen LogP contribution in [0.3, 0.4) is 0 Å². The van der Waals surface area contributed by atoms with E-state index in [0.717, 1.165) is 23.1 Å². The first kappa shape index (κ1) is 17.0. The Morgan fingerprint density at radius 1 is 1.12 bits per heavy atom. The van der Waals surface area contributed by atoms with E-state index in [1.165, 1.54) is 23.2 Å². The highest BCUT2D eigenvalue weighted by molar-refractivity contribution is 9.10. The van der Waals surface area contributed by atoms with Gasteiger partial charge in [-0.25, -0.2) is 4.98 Å². The minimum Gasteiger partial charge on any atom is -0.372 e. The Morgan fingerprint density at radius 3 is 2.58 bits per heavy atom. The predicted molar refractivity (Wildman–Crippen MR) is 109 cm³/mol. The van der Waals surface area contributed by atoms with Gasteiger partial charge in [0, 0.05) is 23.2 Å². The monoisotopic (exact) mass is 410 g/mol. The molecule has 6 heteroatoms.